The number of aliphatic hydroxyl groups excluding tert-OH is 2. The predicted molar refractivity (Wildman–Crippen MR) is 223 cm³/mol. The number of carbonyl (C=O) groups is 2. The molecule has 3 heterocycles. The highest BCUT2D eigenvalue weighted by molar-refractivity contribution is 5.88. The van der Waals surface area contributed by atoms with Gasteiger partial charge in [0.25, 0.3) is 0 Å². The summed E-state index contributed by atoms with van der Waals surface area (Å²) in [5.41, 5.74) is -0.439. The second-order valence-electron chi connectivity index (χ2n) is 19.8. The van der Waals surface area contributed by atoms with Gasteiger partial charge in [-0.05, 0) is 104 Å². The first-order chi connectivity index (χ1) is 29.3. The van der Waals surface area contributed by atoms with Crippen LogP contribution in [0.1, 0.15) is 113 Å². The number of esters is 1. The SMILES string of the molecule is CC=C(C)C(=O)OC1CC2C(CC=C3CC(OC4CC(OC)C(OC5CC(OC)C(OC6OC(C)C(O)C(OC)C6O)C(C)O5)C(C)O4)CCC32C)C2(O)CCC(C(C)=O)C12C. The van der Waals surface area contributed by atoms with Crippen molar-refractivity contribution >= 4 is 11.8 Å². The molecule has 0 aromatic carbocycles. The van der Waals surface area contributed by atoms with Gasteiger partial charge in [-0.1, -0.05) is 31.6 Å². The van der Waals surface area contributed by atoms with Crippen molar-refractivity contribution in [3.8, 4) is 0 Å². The molecule has 3 saturated carbocycles. The Morgan fingerprint density at radius 3 is 2.00 bits per heavy atom. The zero-order valence-corrected chi connectivity index (χ0v) is 38.7. The van der Waals surface area contributed by atoms with Crippen molar-refractivity contribution in [2.75, 3.05) is 21.3 Å². The highest BCUT2D eigenvalue weighted by Crippen LogP contribution is 2.68. The van der Waals surface area contributed by atoms with E-state index in [1.54, 1.807) is 41.1 Å². The van der Waals surface area contributed by atoms with E-state index < -0.39 is 96.9 Å². The third-order valence-electron chi connectivity index (χ3n) is 16.6. The van der Waals surface area contributed by atoms with Crippen LogP contribution in [0.3, 0.4) is 0 Å². The van der Waals surface area contributed by atoms with Crippen LogP contribution in [0.15, 0.2) is 23.3 Å². The maximum Gasteiger partial charge on any atom is 0.333 e. The standard InChI is InChI=1S/C47H74O15/c1-12-23(2)43(51)60-35-20-32-31(47(52)18-16-30(24(3)48)46(35,47)8)14-13-28-19-29(15-17-45(28,32)7)59-36-21-33(53-9)40(26(5)56-36)61-37-22-34(54-10)41(27(6)57-37)62-44-39(50)42(55-11)38(49)25(4)58-44/h12-13,25-27,29-42,44,49-50,52H,14-22H2,1-11H3. The maximum absolute atomic E-state index is 13.3. The molecule has 15 heteroatoms. The van der Waals surface area contributed by atoms with Crippen molar-refractivity contribution in [2.24, 2.45) is 28.6 Å². The Labute approximate surface area is 367 Å². The summed E-state index contributed by atoms with van der Waals surface area (Å²) >= 11 is 0. The molecular formula is C47H74O15. The molecule has 6 fully saturated rings. The number of allylic oxidation sites excluding steroid dienone is 2. The first-order valence-corrected chi connectivity index (χ1v) is 23.0. The van der Waals surface area contributed by atoms with E-state index in [4.69, 9.17) is 47.4 Å². The van der Waals surface area contributed by atoms with E-state index in [-0.39, 0.29) is 41.2 Å². The molecule has 0 aromatic heterocycles. The van der Waals surface area contributed by atoms with Gasteiger partial charge >= 0.3 is 5.97 Å². The molecule has 7 aliphatic rings. The van der Waals surface area contributed by atoms with Gasteiger partial charge in [0.15, 0.2) is 18.9 Å². The summed E-state index contributed by atoms with van der Waals surface area (Å²) in [6, 6.07) is 0. The second kappa shape index (κ2) is 18.8. The van der Waals surface area contributed by atoms with Gasteiger partial charge in [-0.25, -0.2) is 4.79 Å². The molecule has 0 radical (unpaired) electrons. The minimum absolute atomic E-state index is 0.0391. The van der Waals surface area contributed by atoms with Crippen LogP contribution in [0, 0.1) is 28.6 Å². The molecule has 4 aliphatic carbocycles. The fourth-order valence-corrected chi connectivity index (χ4v) is 12.8. The van der Waals surface area contributed by atoms with Crippen LogP contribution in [-0.4, -0.2) is 146 Å². The van der Waals surface area contributed by atoms with Gasteiger partial charge in [0.2, 0.25) is 0 Å². The Morgan fingerprint density at radius 1 is 0.774 bits per heavy atom. The molecule has 3 N–H and O–H groups in total. The lowest BCUT2D eigenvalue weighted by molar-refractivity contribution is -0.352. The average Bonchev–Trinajstić information content (AvgIpc) is 3.53. The molecule has 15 nitrogen and oxygen atoms in total. The number of hydrogen-bond acceptors (Lipinski definition) is 15. The Hall–Kier alpha value is -1.86. The van der Waals surface area contributed by atoms with Crippen molar-refractivity contribution < 1.29 is 72.3 Å². The van der Waals surface area contributed by atoms with Gasteiger partial charge in [0.1, 0.15) is 42.4 Å². The number of fused-ring (bicyclic) bond motifs is 5. The van der Waals surface area contributed by atoms with Crippen molar-refractivity contribution in [2.45, 2.75) is 211 Å². The van der Waals surface area contributed by atoms with Crippen LogP contribution < -0.4 is 0 Å². The summed E-state index contributed by atoms with van der Waals surface area (Å²) in [6.45, 7) is 15.0. The first kappa shape index (κ1) is 48.1. The van der Waals surface area contributed by atoms with Crippen LogP contribution >= 0.6 is 0 Å². The highest BCUT2D eigenvalue weighted by atomic mass is 16.8. The maximum atomic E-state index is 13.3. The predicted octanol–water partition coefficient (Wildman–Crippen LogP) is 4.69. The van der Waals surface area contributed by atoms with E-state index in [0.717, 1.165) is 19.3 Å². The second-order valence-corrected chi connectivity index (χ2v) is 19.8. The monoisotopic (exact) mass is 879 g/mol. The van der Waals surface area contributed by atoms with Gasteiger partial charge in [-0.3, -0.25) is 4.79 Å². The number of ketones is 1. The zero-order chi connectivity index (χ0) is 45.1. The summed E-state index contributed by atoms with van der Waals surface area (Å²) in [6.07, 6.45) is 0.173. The third kappa shape index (κ3) is 8.42. The molecule has 352 valence electrons. The van der Waals surface area contributed by atoms with Crippen molar-refractivity contribution in [3.63, 3.8) is 0 Å². The molecule has 0 bridgehead atoms. The van der Waals surface area contributed by atoms with E-state index in [0.29, 0.717) is 44.1 Å². The molecule has 3 saturated heterocycles. The number of carbonyl (C=O) groups excluding carboxylic acids is 2. The smallest absolute Gasteiger partial charge is 0.333 e. The van der Waals surface area contributed by atoms with Crippen LogP contribution in [-0.2, 0) is 57.0 Å². The molecule has 0 spiro atoms. The van der Waals surface area contributed by atoms with Crippen molar-refractivity contribution in [3.05, 3.63) is 23.3 Å². The molecule has 0 aromatic rings. The summed E-state index contributed by atoms with van der Waals surface area (Å²) in [7, 11) is 4.68. The fraction of sp³-hybridized carbons (Fsp3) is 0.872. The Bertz CT molecular complexity index is 1670. The molecule has 21 atom stereocenters. The van der Waals surface area contributed by atoms with Crippen LogP contribution in [0.2, 0.25) is 0 Å². The van der Waals surface area contributed by atoms with Crippen molar-refractivity contribution in [1.82, 2.24) is 0 Å². The molecule has 7 rings (SSSR count). The van der Waals surface area contributed by atoms with Gasteiger partial charge in [0.05, 0.1) is 42.2 Å². The lowest BCUT2D eigenvalue weighted by atomic mass is 9.45. The Kier molecular flexibility index (Phi) is 14.6. The Morgan fingerprint density at radius 2 is 1.40 bits per heavy atom. The minimum Gasteiger partial charge on any atom is -0.458 e. The Balaban J connectivity index is 0.980. The topological polar surface area (TPSA) is 187 Å². The largest absolute Gasteiger partial charge is 0.458 e. The summed E-state index contributed by atoms with van der Waals surface area (Å²) in [5, 5.41) is 34.1. The minimum atomic E-state index is -1.22. The quantitative estimate of drug-likeness (QED) is 0.139. The van der Waals surface area contributed by atoms with E-state index in [1.807, 2.05) is 27.7 Å². The fourth-order valence-electron chi connectivity index (χ4n) is 12.8. The van der Waals surface area contributed by atoms with E-state index >= 15 is 0 Å². The number of Topliss-reactive ketones (excluding diaryl/α,β-unsaturated/α-hetero) is 1. The van der Waals surface area contributed by atoms with Crippen LogP contribution in [0.5, 0.6) is 0 Å². The van der Waals surface area contributed by atoms with E-state index in [2.05, 4.69) is 13.0 Å². The lowest BCUT2D eigenvalue weighted by Crippen LogP contribution is -2.66. The third-order valence-corrected chi connectivity index (χ3v) is 16.6. The first-order valence-electron chi connectivity index (χ1n) is 23.0. The number of rotatable bonds is 12. The zero-order valence-electron chi connectivity index (χ0n) is 38.7. The van der Waals surface area contributed by atoms with Crippen LogP contribution in [0.25, 0.3) is 0 Å². The lowest BCUT2D eigenvalue weighted by Gasteiger charge is -2.63. The summed E-state index contributed by atoms with van der Waals surface area (Å²) < 4.78 is 61.8. The average molecular weight is 879 g/mol. The number of aliphatic hydroxyl groups is 3. The highest BCUT2D eigenvalue weighted by Gasteiger charge is 2.71. The van der Waals surface area contributed by atoms with Gasteiger partial charge < -0.3 is 62.7 Å². The number of hydrogen-bond donors (Lipinski definition) is 3. The molecular weight excluding hydrogens is 805 g/mol. The molecule has 21 unspecified atom stereocenters. The van der Waals surface area contributed by atoms with E-state index in [1.165, 1.54) is 12.7 Å². The van der Waals surface area contributed by atoms with Gasteiger partial charge in [-0.2, -0.15) is 0 Å². The molecule has 62 heavy (non-hydrogen) atoms. The molecule has 3 aliphatic heterocycles. The van der Waals surface area contributed by atoms with Gasteiger partial charge in [0, 0.05) is 51.1 Å². The van der Waals surface area contributed by atoms with Crippen LogP contribution in [0.4, 0.5) is 0 Å². The van der Waals surface area contributed by atoms with Crippen molar-refractivity contribution in [1.29, 1.82) is 0 Å². The van der Waals surface area contributed by atoms with E-state index in [9.17, 15) is 24.9 Å². The summed E-state index contributed by atoms with van der Waals surface area (Å²) in [5.74, 6) is -0.727. The molecule has 0 amide bonds. The normalized spacial score (nSPS) is 49.6. The number of ether oxygens (including phenoxy) is 10. The summed E-state index contributed by atoms with van der Waals surface area (Å²) in [4.78, 5) is 26.4. The number of methoxy groups -OCH3 is 3. The van der Waals surface area contributed by atoms with Gasteiger partial charge in [-0.15, -0.1) is 0 Å².